The van der Waals surface area contributed by atoms with Gasteiger partial charge in [-0.25, -0.2) is 4.39 Å². The first-order valence-corrected chi connectivity index (χ1v) is 7.94. The van der Waals surface area contributed by atoms with E-state index in [-0.39, 0.29) is 23.6 Å². The lowest BCUT2D eigenvalue weighted by Gasteiger charge is -2.38. The summed E-state index contributed by atoms with van der Waals surface area (Å²) >= 11 is 0. The van der Waals surface area contributed by atoms with E-state index in [1.165, 1.54) is 25.0 Å². The first-order valence-electron chi connectivity index (χ1n) is 7.94. The second-order valence-corrected chi connectivity index (χ2v) is 6.44. The fourth-order valence-corrected chi connectivity index (χ4v) is 3.61. The van der Waals surface area contributed by atoms with Crippen LogP contribution in [0.1, 0.15) is 57.1 Å². The second-order valence-electron chi connectivity index (χ2n) is 6.44. The maximum Gasteiger partial charge on any atom is 0.124 e. The molecule has 1 spiro atoms. The van der Waals surface area contributed by atoms with E-state index in [4.69, 9.17) is 15.2 Å². The van der Waals surface area contributed by atoms with E-state index in [0.29, 0.717) is 5.75 Å². The van der Waals surface area contributed by atoms with Gasteiger partial charge in [-0.05, 0) is 38.0 Å². The molecule has 1 unspecified atom stereocenters. The summed E-state index contributed by atoms with van der Waals surface area (Å²) in [6, 6.07) is 4.37. The van der Waals surface area contributed by atoms with Gasteiger partial charge in [0.05, 0.1) is 12.2 Å². The van der Waals surface area contributed by atoms with Crippen molar-refractivity contribution >= 4 is 0 Å². The van der Waals surface area contributed by atoms with Crippen LogP contribution < -0.4 is 10.5 Å². The number of ether oxygens (including phenoxy) is 2. The minimum absolute atomic E-state index is 0.0252. The molecule has 2 aliphatic rings. The van der Waals surface area contributed by atoms with Gasteiger partial charge in [-0.15, -0.1) is 0 Å². The molecule has 2 N–H and O–H groups in total. The van der Waals surface area contributed by atoms with Gasteiger partial charge in [0.15, 0.2) is 0 Å². The molecular weight excluding hydrogens is 269 g/mol. The number of hydrogen-bond donors (Lipinski definition) is 1. The Bertz CT molecular complexity index is 498. The fourth-order valence-electron chi connectivity index (χ4n) is 3.61. The van der Waals surface area contributed by atoms with Crippen molar-refractivity contribution in [2.24, 2.45) is 5.73 Å². The van der Waals surface area contributed by atoms with Crippen LogP contribution in [-0.2, 0) is 4.74 Å². The molecule has 21 heavy (non-hydrogen) atoms. The normalized spacial score (nSPS) is 26.0. The molecule has 1 aromatic rings. The molecule has 1 aliphatic heterocycles. The predicted octanol–water partition coefficient (Wildman–Crippen LogP) is 3.72. The van der Waals surface area contributed by atoms with Gasteiger partial charge in [-0.3, -0.25) is 0 Å². The lowest BCUT2D eigenvalue weighted by molar-refractivity contribution is -0.108. The lowest BCUT2D eigenvalue weighted by Crippen LogP contribution is -2.41. The summed E-state index contributed by atoms with van der Waals surface area (Å²) in [5.41, 5.74) is 6.70. The van der Waals surface area contributed by atoms with Gasteiger partial charge in [0, 0.05) is 24.4 Å². The van der Waals surface area contributed by atoms with Crippen molar-refractivity contribution in [2.45, 2.75) is 63.2 Å². The van der Waals surface area contributed by atoms with Crippen LogP contribution in [0, 0.1) is 5.82 Å². The second kappa shape index (κ2) is 5.93. The zero-order valence-electron chi connectivity index (χ0n) is 12.6. The largest absolute Gasteiger partial charge is 0.490 e. The Morgan fingerprint density at radius 3 is 2.86 bits per heavy atom. The van der Waals surface area contributed by atoms with Crippen molar-refractivity contribution in [1.29, 1.82) is 0 Å². The van der Waals surface area contributed by atoms with E-state index >= 15 is 0 Å². The van der Waals surface area contributed by atoms with E-state index in [1.54, 1.807) is 6.07 Å². The Labute approximate surface area is 125 Å². The maximum absolute atomic E-state index is 13.4. The minimum atomic E-state index is -0.270. The van der Waals surface area contributed by atoms with Gasteiger partial charge in [-0.1, -0.05) is 12.8 Å². The Morgan fingerprint density at radius 2 is 2.14 bits per heavy atom. The molecule has 1 saturated heterocycles. The van der Waals surface area contributed by atoms with Crippen LogP contribution >= 0.6 is 0 Å². The summed E-state index contributed by atoms with van der Waals surface area (Å²) in [5, 5.41) is 0. The quantitative estimate of drug-likeness (QED) is 0.924. The third kappa shape index (κ3) is 3.22. The third-order valence-electron chi connectivity index (χ3n) is 4.72. The van der Waals surface area contributed by atoms with E-state index < -0.39 is 0 Å². The van der Waals surface area contributed by atoms with Gasteiger partial charge in [-0.2, -0.15) is 0 Å². The zero-order valence-corrected chi connectivity index (χ0v) is 12.6. The molecule has 1 aromatic carbocycles. The summed E-state index contributed by atoms with van der Waals surface area (Å²) in [5.74, 6) is 0.445. The molecule has 4 heteroatoms. The van der Waals surface area contributed by atoms with Gasteiger partial charge >= 0.3 is 0 Å². The average Bonchev–Trinajstić information content (AvgIpc) is 2.88. The molecule has 1 saturated carbocycles. The van der Waals surface area contributed by atoms with Crippen LogP contribution in [0.4, 0.5) is 4.39 Å². The smallest absolute Gasteiger partial charge is 0.124 e. The van der Waals surface area contributed by atoms with Crippen LogP contribution in [-0.4, -0.2) is 18.3 Å². The third-order valence-corrected chi connectivity index (χ3v) is 4.72. The Kier molecular flexibility index (Phi) is 4.18. The Morgan fingerprint density at radius 1 is 1.38 bits per heavy atom. The van der Waals surface area contributed by atoms with Gasteiger partial charge in [0.2, 0.25) is 0 Å². The summed E-state index contributed by atoms with van der Waals surface area (Å²) in [6.45, 7) is 2.60. The van der Waals surface area contributed by atoms with E-state index in [1.807, 2.05) is 6.92 Å². The first kappa shape index (κ1) is 14.8. The monoisotopic (exact) mass is 293 g/mol. The van der Waals surface area contributed by atoms with E-state index in [0.717, 1.165) is 37.9 Å². The molecule has 2 atom stereocenters. The minimum Gasteiger partial charge on any atom is -0.490 e. The molecule has 3 rings (SSSR count). The number of nitrogens with two attached hydrogens (primary N) is 1. The highest BCUT2D eigenvalue weighted by Crippen LogP contribution is 2.41. The lowest BCUT2D eigenvalue weighted by atomic mass is 9.90. The average molecular weight is 293 g/mol. The summed E-state index contributed by atoms with van der Waals surface area (Å²) in [7, 11) is 0. The molecule has 0 aromatic heterocycles. The van der Waals surface area contributed by atoms with Crippen LogP contribution in [0.3, 0.4) is 0 Å². The van der Waals surface area contributed by atoms with Crippen molar-refractivity contribution in [2.75, 3.05) is 6.61 Å². The predicted molar refractivity (Wildman–Crippen MR) is 79.8 cm³/mol. The molecule has 1 aliphatic carbocycles. The van der Waals surface area contributed by atoms with Crippen molar-refractivity contribution in [3.63, 3.8) is 0 Å². The SMILES string of the molecule is C[C@@H](N)c1cc(F)ccc1OC1CCOC2(CCCC2)C1. The van der Waals surface area contributed by atoms with Gasteiger partial charge in [0.1, 0.15) is 17.7 Å². The van der Waals surface area contributed by atoms with Crippen molar-refractivity contribution in [1.82, 2.24) is 0 Å². The van der Waals surface area contributed by atoms with Crippen molar-refractivity contribution < 1.29 is 13.9 Å². The van der Waals surface area contributed by atoms with Gasteiger partial charge in [0.25, 0.3) is 0 Å². The number of hydrogen-bond acceptors (Lipinski definition) is 3. The molecule has 0 bridgehead atoms. The molecular formula is C17H24FNO2. The molecule has 0 radical (unpaired) electrons. The van der Waals surface area contributed by atoms with Crippen molar-refractivity contribution in [3.8, 4) is 5.75 Å². The van der Waals surface area contributed by atoms with Crippen LogP contribution in [0.2, 0.25) is 0 Å². The fraction of sp³-hybridized carbons (Fsp3) is 0.647. The van der Waals surface area contributed by atoms with Crippen LogP contribution in [0.5, 0.6) is 5.75 Å². The Balaban J connectivity index is 1.74. The van der Waals surface area contributed by atoms with E-state index in [2.05, 4.69) is 0 Å². The van der Waals surface area contributed by atoms with Gasteiger partial charge < -0.3 is 15.2 Å². The molecule has 2 fully saturated rings. The summed E-state index contributed by atoms with van der Waals surface area (Å²) in [6.07, 6.45) is 6.72. The number of benzene rings is 1. The van der Waals surface area contributed by atoms with Crippen LogP contribution in [0.25, 0.3) is 0 Å². The van der Waals surface area contributed by atoms with Crippen LogP contribution in [0.15, 0.2) is 18.2 Å². The highest BCUT2D eigenvalue weighted by molar-refractivity contribution is 5.36. The molecule has 0 amide bonds. The summed E-state index contributed by atoms with van der Waals surface area (Å²) < 4.78 is 25.6. The zero-order chi connectivity index (χ0) is 14.9. The number of halogens is 1. The number of rotatable bonds is 3. The highest BCUT2D eigenvalue weighted by Gasteiger charge is 2.40. The molecule has 3 nitrogen and oxygen atoms in total. The Hall–Kier alpha value is -1.13. The maximum atomic E-state index is 13.4. The molecule has 1 heterocycles. The topological polar surface area (TPSA) is 44.5 Å². The summed E-state index contributed by atoms with van der Waals surface area (Å²) in [4.78, 5) is 0. The highest BCUT2D eigenvalue weighted by atomic mass is 19.1. The van der Waals surface area contributed by atoms with Crippen molar-refractivity contribution in [3.05, 3.63) is 29.6 Å². The van der Waals surface area contributed by atoms with E-state index in [9.17, 15) is 4.39 Å². The standard InChI is InChI=1S/C17H24FNO2/c1-12(19)15-10-13(18)4-5-16(15)21-14-6-9-20-17(11-14)7-2-3-8-17/h4-5,10,12,14H,2-3,6-9,11,19H2,1H3/t12-,14?/m1/s1. The first-order chi connectivity index (χ1) is 10.1. The molecule has 116 valence electrons.